The lowest BCUT2D eigenvalue weighted by Crippen LogP contribution is -2.41. The maximum Gasteiger partial charge on any atom is 0.101 e. The Morgan fingerprint density at radius 3 is 1.55 bits per heavy atom. The van der Waals surface area contributed by atoms with Crippen molar-refractivity contribution in [3.8, 4) is 0 Å². The maximum atomic E-state index is 5.43. The SMILES string of the molecule is CCC(CC)(CN)ON.Cl.Cl. The summed E-state index contributed by atoms with van der Waals surface area (Å²) in [5.74, 6) is 5.06. The second-order valence-corrected chi connectivity index (χ2v) is 2.21. The Kier molecular flexibility index (Phi) is 13.6. The molecule has 4 N–H and O–H groups in total. The van der Waals surface area contributed by atoms with Crippen LogP contribution in [0.4, 0.5) is 0 Å². The maximum absolute atomic E-state index is 5.43. The van der Waals surface area contributed by atoms with Gasteiger partial charge in [-0.25, -0.2) is 5.90 Å². The van der Waals surface area contributed by atoms with Crippen LogP contribution in [-0.4, -0.2) is 12.1 Å². The quantitative estimate of drug-likeness (QED) is 0.678. The van der Waals surface area contributed by atoms with Gasteiger partial charge in [0.2, 0.25) is 0 Å². The molecule has 0 aliphatic rings. The Morgan fingerprint density at radius 1 is 1.18 bits per heavy atom. The Balaban J connectivity index is -0.000000320. The van der Waals surface area contributed by atoms with Crippen molar-refractivity contribution in [2.75, 3.05) is 6.54 Å². The van der Waals surface area contributed by atoms with Crippen LogP contribution in [0.25, 0.3) is 0 Å². The fourth-order valence-corrected chi connectivity index (χ4v) is 0.753. The van der Waals surface area contributed by atoms with E-state index in [9.17, 15) is 0 Å². The molecule has 0 aromatic rings. The van der Waals surface area contributed by atoms with E-state index in [0.29, 0.717) is 6.54 Å². The van der Waals surface area contributed by atoms with Gasteiger partial charge in [0.1, 0.15) is 5.60 Å². The first-order chi connectivity index (χ1) is 4.24. The fraction of sp³-hybridized carbons (Fsp3) is 1.00. The summed E-state index contributed by atoms with van der Waals surface area (Å²) in [6, 6.07) is 0. The predicted molar refractivity (Wildman–Crippen MR) is 52.1 cm³/mol. The molecule has 3 nitrogen and oxygen atoms in total. The Bertz CT molecular complexity index is 61.5. The van der Waals surface area contributed by atoms with Crippen LogP contribution >= 0.6 is 24.8 Å². The zero-order valence-corrected chi connectivity index (χ0v) is 8.63. The van der Waals surface area contributed by atoms with Gasteiger partial charge in [-0.05, 0) is 12.8 Å². The molecule has 0 saturated heterocycles. The largest absolute Gasteiger partial charge is 0.328 e. The third kappa shape index (κ3) is 4.82. The third-order valence-corrected chi connectivity index (χ3v) is 1.91. The standard InChI is InChI=1S/C6H16N2O.2ClH/c1-3-6(4-2,5-7)9-8;;/h3-5,7-8H2,1-2H3;2*1H. The van der Waals surface area contributed by atoms with Gasteiger partial charge in [0.25, 0.3) is 0 Å². The first kappa shape index (κ1) is 17.5. The molecule has 0 atom stereocenters. The summed E-state index contributed by atoms with van der Waals surface area (Å²) in [6.07, 6.45) is 1.74. The van der Waals surface area contributed by atoms with Crippen molar-refractivity contribution in [1.82, 2.24) is 0 Å². The molecule has 0 fully saturated rings. The number of rotatable bonds is 4. The molecule has 0 aliphatic carbocycles. The highest BCUT2D eigenvalue weighted by molar-refractivity contribution is 5.85. The Morgan fingerprint density at radius 2 is 1.55 bits per heavy atom. The van der Waals surface area contributed by atoms with Gasteiger partial charge in [0.05, 0.1) is 0 Å². The van der Waals surface area contributed by atoms with Crippen LogP contribution in [0.2, 0.25) is 0 Å². The van der Waals surface area contributed by atoms with E-state index in [1.165, 1.54) is 0 Å². The lowest BCUT2D eigenvalue weighted by atomic mass is 9.98. The third-order valence-electron chi connectivity index (χ3n) is 1.91. The monoisotopic (exact) mass is 204 g/mol. The van der Waals surface area contributed by atoms with Gasteiger partial charge < -0.3 is 5.73 Å². The zero-order chi connectivity index (χ0) is 7.33. The van der Waals surface area contributed by atoms with Crippen molar-refractivity contribution >= 4 is 24.8 Å². The molecule has 0 radical (unpaired) electrons. The van der Waals surface area contributed by atoms with Crippen molar-refractivity contribution in [3.05, 3.63) is 0 Å². The highest BCUT2D eigenvalue weighted by Crippen LogP contribution is 2.15. The van der Waals surface area contributed by atoms with Gasteiger partial charge in [-0.1, -0.05) is 13.8 Å². The molecule has 0 unspecified atom stereocenters. The smallest absolute Gasteiger partial charge is 0.101 e. The van der Waals surface area contributed by atoms with Gasteiger partial charge in [0.15, 0.2) is 0 Å². The summed E-state index contributed by atoms with van der Waals surface area (Å²) in [5.41, 5.74) is 5.16. The molecule has 0 rings (SSSR count). The molecule has 0 amide bonds. The molecule has 0 saturated carbocycles. The van der Waals surface area contributed by atoms with Gasteiger partial charge in [-0.3, -0.25) is 4.84 Å². The minimum atomic E-state index is -0.278. The van der Waals surface area contributed by atoms with Crippen LogP contribution in [0.15, 0.2) is 0 Å². The summed E-state index contributed by atoms with van der Waals surface area (Å²) in [6.45, 7) is 4.53. The van der Waals surface area contributed by atoms with E-state index in [1.807, 2.05) is 13.8 Å². The number of halogens is 2. The minimum absolute atomic E-state index is 0. The van der Waals surface area contributed by atoms with Crippen LogP contribution < -0.4 is 11.6 Å². The first-order valence-corrected chi connectivity index (χ1v) is 3.32. The molecule has 0 aromatic heterocycles. The first-order valence-electron chi connectivity index (χ1n) is 3.32. The van der Waals surface area contributed by atoms with E-state index in [4.69, 9.17) is 16.5 Å². The predicted octanol–water partition coefficient (Wildman–Crippen LogP) is 1.24. The summed E-state index contributed by atoms with van der Waals surface area (Å²) >= 11 is 0. The van der Waals surface area contributed by atoms with Crippen LogP contribution in [0.3, 0.4) is 0 Å². The van der Waals surface area contributed by atoms with E-state index < -0.39 is 0 Å². The van der Waals surface area contributed by atoms with Crippen molar-refractivity contribution in [2.24, 2.45) is 11.6 Å². The molecule has 0 aliphatic heterocycles. The number of nitrogens with two attached hydrogens (primary N) is 2. The van der Waals surface area contributed by atoms with Gasteiger partial charge in [-0.2, -0.15) is 0 Å². The van der Waals surface area contributed by atoms with Crippen molar-refractivity contribution in [2.45, 2.75) is 32.3 Å². The fourth-order valence-electron chi connectivity index (χ4n) is 0.753. The topological polar surface area (TPSA) is 61.3 Å². The van der Waals surface area contributed by atoms with Gasteiger partial charge in [-0.15, -0.1) is 24.8 Å². The van der Waals surface area contributed by atoms with Crippen LogP contribution in [0.5, 0.6) is 0 Å². The zero-order valence-electron chi connectivity index (χ0n) is 7.00. The van der Waals surface area contributed by atoms with Crippen LogP contribution in [0, 0.1) is 0 Å². The van der Waals surface area contributed by atoms with E-state index >= 15 is 0 Å². The Hall–Kier alpha value is 0.460. The molecule has 0 bridgehead atoms. The Labute approximate surface area is 80.6 Å². The number of hydrogen-bond acceptors (Lipinski definition) is 3. The average Bonchev–Trinajstić information content (AvgIpc) is 1.95. The molecular weight excluding hydrogens is 187 g/mol. The molecule has 5 heteroatoms. The highest BCUT2D eigenvalue weighted by Gasteiger charge is 2.23. The van der Waals surface area contributed by atoms with Crippen molar-refractivity contribution in [1.29, 1.82) is 0 Å². The summed E-state index contributed by atoms with van der Waals surface area (Å²) in [7, 11) is 0. The van der Waals surface area contributed by atoms with Gasteiger partial charge in [0, 0.05) is 6.54 Å². The summed E-state index contributed by atoms with van der Waals surface area (Å²) < 4.78 is 0. The molecule has 11 heavy (non-hydrogen) atoms. The van der Waals surface area contributed by atoms with E-state index in [-0.39, 0.29) is 30.4 Å². The molecule has 0 heterocycles. The summed E-state index contributed by atoms with van der Waals surface area (Å²) in [5, 5.41) is 0. The van der Waals surface area contributed by atoms with Crippen LogP contribution in [-0.2, 0) is 4.84 Å². The highest BCUT2D eigenvalue weighted by atomic mass is 35.5. The molecular formula is C6H18Cl2N2O. The average molecular weight is 205 g/mol. The molecule has 0 spiro atoms. The normalized spacial score (nSPS) is 9.82. The van der Waals surface area contributed by atoms with E-state index in [0.717, 1.165) is 12.8 Å². The second-order valence-electron chi connectivity index (χ2n) is 2.21. The lowest BCUT2D eigenvalue weighted by Gasteiger charge is -2.26. The number of hydrogen-bond donors (Lipinski definition) is 2. The molecule has 72 valence electrons. The van der Waals surface area contributed by atoms with Crippen molar-refractivity contribution in [3.63, 3.8) is 0 Å². The van der Waals surface area contributed by atoms with Crippen molar-refractivity contribution < 1.29 is 4.84 Å². The minimum Gasteiger partial charge on any atom is -0.328 e. The van der Waals surface area contributed by atoms with E-state index in [2.05, 4.69) is 0 Å². The molecule has 0 aromatic carbocycles. The summed E-state index contributed by atoms with van der Waals surface area (Å²) in [4.78, 5) is 4.76. The van der Waals surface area contributed by atoms with E-state index in [1.54, 1.807) is 0 Å². The lowest BCUT2D eigenvalue weighted by molar-refractivity contribution is -0.0465. The van der Waals surface area contributed by atoms with Gasteiger partial charge >= 0.3 is 0 Å². The second kappa shape index (κ2) is 8.56. The van der Waals surface area contributed by atoms with Crippen LogP contribution in [0.1, 0.15) is 26.7 Å².